The van der Waals surface area contributed by atoms with Crippen LogP contribution in [-0.2, 0) is 24.3 Å². The summed E-state index contributed by atoms with van der Waals surface area (Å²) < 4.78 is 28.3. The first-order valence-corrected chi connectivity index (χ1v) is 6.12. The summed E-state index contributed by atoms with van der Waals surface area (Å²) in [5.74, 6) is -0.892. The molecule has 0 aliphatic rings. The Morgan fingerprint density at radius 3 is 2.33 bits per heavy atom. The van der Waals surface area contributed by atoms with Crippen molar-refractivity contribution in [1.29, 1.82) is 0 Å². The van der Waals surface area contributed by atoms with Crippen LogP contribution in [0.2, 0.25) is 0 Å². The molecule has 0 radical (unpaired) electrons. The zero-order valence-electron chi connectivity index (χ0n) is 8.78. The fourth-order valence-electron chi connectivity index (χ4n) is 0.724. The lowest BCUT2D eigenvalue weighted by molar-refractivity contribution is -0.141. The standard InChI is InChI=1S/C8H15NO5S/c1-3-15(12,13)9-6-7(10)4-5-8(11)14-2/h9H,3-6H2,1-2H3. The number of hydrogen-bond acceptors (Lipinski definition) is 5. The number of Topliss-reactive ketones (excluding diaryl/α,β-unsaturated/α-hetero) is 1. The van der Waals surface area contributed by atoms with E-state index in [4.69, 9.17) is 0 Å². The Morgan fingerprint density at radius 1 is 1.27 bits per heavy atom. The van der Waals surface area contributed by atoms with Crippen LogP contribution in [0.15, 0.2) is 0 Å². The number of methoxy groups -OCH3 is 1. The average Bonchev–Trinajstić information content (AvgIpc) is 2.23. The Kier molecular flexibility index (Phi) is 6.11. The van der Waals surface area contributed by atoms with Crippen molar-refractivity contribution in [3.05, 3.63) is 0 Å². The van der Waals surface area contributed by atoms with Gasteiger partial charge in [-0.05, 0) is 6.92 Å². The van der Waals surface area contributed by atoms with Crippen LogP contribution in [0, 0.1) is 0 Å². The van der Waals surface area contributed by atoms with Gasteiger partial charge in [-0.1, -0.05) is 0 Å². The summed E-state index contributed by atoms with van der Waals surface area (Å²) in [4.78, 5) is 21.8. The molecule has 0 bridgehead atoms. The Labute approximate surface area is 89.0 Å². The van der Waals surface area contributed by atoms with E-state index in [1.54, 1.807) is 0 Å². The lowest BCUT2D eigenvalue weighted by Crippen LogP contribution is -2.30. The van der Waals surface area contributed by atoms with Crippen molar-refractivity contribution in [2.24, 2.45) is 0 Å². The van der Waals surface area contributed by atoms with Gasteiger partial charge in [0.1, 0.15) is 5.78 Å². The van der Waals surface area contributed by atoms with Gasteiger partial charge in [0.2, 0.25) is 10.0 Å². The molecular formula is C8H15NO5S. The SMILES string of the molecule is CCS(=O)(=O)NCC(=O)CCC(=O)OC. The van der Waals surface area contributed by atoms with Gasteiger partial charge in [0.15, 0.2) is 0 Å². The van der Waals surface area contributed by atoms with Gasteiger partial charge in [-0.25, -0.2) is 13.1 Å². The largest absolute Gasteiger partial charge is 0.469 e. The predicted molar refractivity (Wildman–Crippen MR) is 53.7 cm³/mol. The summed E-state index contributed by atoms with van der Waals surface area (Å²) in [5.41, 5.74) is 0. The van der Waals surface area contributed by atoms with Crippen molar-refractivity contribution >= 4 is 21.8 Å². The van der Waals surface area contributed by atoms with Crippen molar-refractivity contribution in [3.63, 3.8) is 0 Å². The third-order valence-corrected chi connectivity index (χ3v) is 3.05. The van der Waals surface area contributed by atoms with Crippen molar-refractivity contribution in [3.8, 4) is 0 Å². The van der Waals surface area contributed by atoms with Gasteiger partial charge in [0.05, 0.1) is 25.8 Å². The molecule has 88 valence electrons. The first kappa shape index (κ1) is 14.1. The van der Waals surface area contributed by atoms with Crippen LogP contribution >= 0.6 is 0 Å². The third-order valence-electron chi connectivity index (χ3n) is 1.70. The molecule has 0 aromatic heterocycles. The highest BCUT2D eigenvalue weighted by Crippen LogP contribution is 1.93. The minimum absolute atomic E-state index is 0.0150. The molecule has 0 rings (SSSR count). The third kappa shape index (κ3) is 7.03. The van der Waals surface area contributed by atoms with Crippen LogP contribution < -0.4 is 4.72 Å². The molecule has 0 spiro atoms. The molecule has 0 atom stereocenters. The van der Waals surface area contributed by atoms with Crippen LogP contribution in [0.3, 0.4) is 0 Å². The van der Waals surface area contributed by atoms with Gasteiger partial charge >= 0.3 is 5.97 Å². The summed E-state index contributed by atoms with van der Waals surface area (Å²) in [6.45, 7) is 1.20. The van der Waals surface area contributed by atoms with Crippen molar-refractivity contribution in [2.75, 3.05) is 19.4 Å². The number of nitrogens with one attached hydrogen (secondary N) is 1. The van der Waals surface area contributed by atoms with E-state index in [2.05, 4.69) is 9.46 Å². The van der Waals surface area contributed by atoms with E-state index in [0.29, 0.717) is 0 Å². The minimum Gasteiger partial charge on any atom is -0.469 e. The van der Waals surface area contributed by atoms with E-state index < -0.39 is 16.0 Å². The molecule has 0 saturated carbocycles. The van der Waals surface area contributed by atoms with Gasteiger partial charge in [0, 0.05) is 6.42 Å². The van der Waals surface area contributed by atoms with Crippen molar-refractivity contribution in [2.45, 2.75) is 19.8 Å². The summed E-state index contributed by atoms with van der Waals surface area (Å²) in [6.07, 6.45) is -0.0396. The van der Waals surface area contributed by atoms with Gasteiger partial charge in [-0.3, -0.25) is 9.59 Å². The molecular weight excluding hydrogens is 222 g/mol. The molecule has 15 heavy (non-hydrogen) atoms. The number of ether oxygens (including phenoxy) is 1. The Bertz CT molecular complexity index is 322. The minimum atomic E-state index is -3.35. The zero-order valence-corrected chi connectivity index (χ0v) is 9.59. The molecule has 0 aromatic rings. The molecule has 0 fully saturated rings. The number of hydrogen-bond donors (Lipinski definition) is 1. The van der Waals surface area contributed by atoms with E-state index in [9.17, 15) is 18.0 Å². The second-order valence-electron chi connectivity index (χ2n) is 2.84. The van der Waals surface area contributed by atoms with E-state index >= 15 is 0 Å². The maximum atomic E-state index is 11.1. The van der Waals surface area contributed by atoms with Crippen LogP contribution in [-0.4, -0.2) is 39.6 Å². The monoisotopic (exact) mass is 237 g/mol. The summed E-state index contributed by atoms with van der Waals surface area (Å²) >= 11 is 0. The maximum absolute atomic E-state index is 11.1. The van der Waals surface area contributed by atoms with E-state index in [1.807, 2.05) is 0 Å². The second kappa shape index (κ2) is 6.52. The predicted octanol–water partition coefficient (Wildman–Crippen LogP) is -0.552. The van der Waals surface area contributed by atoms with E-state index in [1.165, 1.54) is 14.0 Å². The maximum Gasteiger partial charge on any atom is 0.305 e. The Balaban J connectivity index is 3.82. The highest BCUT2D eigenvalue weighted by atomic mass is 32.2. The molecule has 0 aliphatic heterocycles. The van der Waals surface area contributed by atoms with Crippen molar-refractivity contribution < 1.29 is 22.7 Å². The number of sulfonamides is 1. The van der Waals surface area contributed by atoms with Crippen molar-refractivity contribution in [1.82, 2.24) is 4.72 Å². The fourth-order valence-corrected chi connectivity index (χ4v) is 1.31. The molecule has 0 aliphatic carbocycles. The molecule has 1 N–H and O–H groups in total. The van der Waals surface area contributed by atoms with Gasteiger partial charge < -0.3 is 4.74 Å². The molecule has 0 aromatic carbocycles. The van der Waals surface area contributed by atoms with Crippen LogP contribution in [0.4, 0.5) is 0 Å². The molecule has 0 amide bonds. The van der Waals surface area contributed by atoms with Gasteiger partial charge in [-0.2, -0.15) is 0 Å². The first-order valence-electron chi connectivity index (χ1n) is 4.47. The zero-order chi connectivity index (χ0) is 11.9. The van der Waals surface area contributed by atoms with Crippen LogP contribution in [0.5, 0.6) is 0 Å². The van der Waals surface area contributed by atoms with Crippen LogP contribution in [0.25, 0.3) is 0 Å². The smallest absolute Gasteiger partial charge is 0.305 e. The van der Waals surface area contributed by atoms with Gasteiger partial charge in [-0.15, -0.1) is 0 Å². The fraction of sp³-hybridized carbons (Fsp3) is 0.750. The highest BCUT2D eigenvalue weighted by Gasteiger charge is 2.11. The second-order valence-corrected chi connectivity index (χ2v) is 4.93. The summed E-state index contributed by atoms with van der Waals surface area (Å²) in [5, 5.41) is 0. The normalized spacial score (nSPS) is 11.1. The van der Waals surface area contributed by atoms with Crippen LogP contribution in [0.1, 0.15) is 19.8 Å². The topological polar surface area (TPSA) is 89.5 Å². The first-order chi connectivity index (χ1) is 6.91. The van der Waals surface area contributed by atoms with E-state index in [-0.39, 0.29) is 30.9 Å². The van der Waals surface area contributed by atoms with Gasteiger partial charge in [0.25, 0.3) is 0 Å². The summed E-state index contributed by atoms with van der Waals surface area (Å²) in [6, 6.07) is 0. The molecule has 0 unspecified atom stereocenters. The average molecular weight is 237 g/mol. The molecule has 0 heterocycles. The lowest BCUT2D eigenvalue weighted by Gasteiger charge is -2.03. The number of carbonyl (C=O) groups is 2. The number of ketones is 1. The Hall–Kier alpha value is -0.950. The molecule has 0 saturated heterocycles. The number of esters is 1. The molecule has 7 heteroatoms. The Morgan fingerprint density at radius 2 is 1.87 bits per heavy atom. The number of carbonyl (C=O) groups excluding carboxylic acids is 2. The summed E-state index contributed by atoms with van der Waals surface area (Å²) in [7, 11) is -2.12. The highest BCUT2D eigenvalue weighted by molar-refractivity contribution is 7.89. The lowest BCUT2D eigenvalue weighted by atomic mass is 10.2. The molecule has 6 nitrogen and oxygen atoms in total. The number of rotatable bonds is 7. The van der Waals surface area contributed by atoms with E-state index in [0.717, 1.165) is 0 Å². The quantitative estimate of drug-likeness (QED) is 0.600.